The summed E-state index contributed by atoms with van der Waals surface area (Å²) >= 11 is 0. The minimum absolute atomic E-state index is 0.524. The van der Waals surface area contributed by atoms with Crippen molar-refractivity contribution in [3.8, 4) is 22.5 Å². The van der Waals surface area contributed by atoms with Gasteiger partial charge in [-0.25, -0.2) is 0 Å². The van der Waals surface area contributed by atoms with Gasteiger partial charge in [-0.2, -0.15) is 0 Å². The number of fused-ring (bicyclic) bond motifs is 2. The third-order valence-corrected chi connectivity index (χ3v) is 4.56. The standard InChI is InChI=1S/C22H20O/c1-14(2)16-8-6-9-19-18(12-16)11-15(3)22(19)21-13-17-7-4-5-10-20(17)23-21/h4-14H,1-3H3. The molecule has 0 unspecified atom stereocenters. The number of rotatable bonds is 2. The summed E-state index contributed by atoms with van der Waals surface area (Å²) < 4.78 is 6.11. The first-order chi connectivity index (χ1) is 11.1. The molecule has 0 N–H and O–H groups in total. The van der Waals surface area contributed by atoms with E-state index in [-0.39, 0.29) is 0 Å². The Labute approximate surface area is 136 Å². The molecule has 0 fully saturated rings. The van der Waals surface area contributed by atoms with Gasteiger partial charge in [0.1, 0.15) is 11.3 Å². The second-order valence-electron chi connectivity index (χ2n) is 6.54. The molecule has 0 bridgehead atoms. The fourth-order valence-corrected chi connectivity index (χ4v) is 3.31. The van der Waals surface area contributed by atoms with Crippen LogP contribution in [0.2, 0.25) is 0 Å². The third kappa shape index (κ3) is 2.33. The lowest BCUT2D eigenvalue weighted by molar-refractivity contribution is 0.631. The fraction of sp³-hybridized carbons (Fsp3) is 0.182. The van der Waals surface area contributed by atoms with Crippen LogP contribution in [0.3, 0.4) is 0 Å². The normalized spacial score (nSPS) is 11.7. The van der Waals surface area contributed by atoms with Crippen LogP contribution in [0.15, 0.2) is 65.1 Å². The minimum Gasteiger partial charge on any atom is -0.456 e. The summed E-state index contributed by atoms with van der Waals surface area (Å²) in [6.45, 7) is 6.63. The number of benzene rings is 1. The van der Waals surface area contributed by atoms with Crippen LogP contribution >= 0.6 is 0 Å². The lowest BCUT2D eigenvalue weighted by atomic mass is 10.0. The SMILES string of the molecule is Cc1cc2cc(C(C)C)cccc-2c1-c1cc2ccccc2o1. The van der Waals surface area contributed by atoms with Gasteiger partial charge in [0.05, 0.1) is 0 Å². The molecule has 114 valence electrons. The molecule has 23 heavy (non-hydrogen) atoms. The van der Waals surface area contributed by atoms with Crippen LogP contribution in [-0.4, -0.2) is 0 Å². The van der Waals surface area contributed by atoms with Gasteiger partial charge < -0.3 is 4.42 Å². The predicted molar refractivity (Wildman–Crippen MR) is 97.1 cm³/mol. The van der Waals surface area contributed by atoms with Crippen LogP contribution in [0.25, 0.3) is 33.4 Å². The summed E-state index contributed by atoms with van der Waals surface area (Å²) in [6.07, 6.45) is 0. The zero-order valence-electron chi connectivity index (χ0n) is 13.8. The van der Waals surface area contributed by atoms with E-state index in [2.05, 4.69) is 63.2 Å². The van der Waals surface area contributed by atoms with Crippen molar-refractivity contribution < 1.29 is 4.42 Å². The second-order valence-corrected chi connectivity index (χ2v) is 6.54. The molecule has 0 radical (unpaired) electrons. The molecular weight excluding hydrogens is 280 g/mol. The molecule has 0 saturated carbocycles. The largest absolute Gasteiger partial charge is 0.456 e. The quantitative estimate of drug-likeness (QED) is 0.404. The second kappa shape index (κ2) is 5.27. The predicted octanol–water partition coefficient (Wildman–Crippen LogP) is 6.64. The molecule has 2 aromatic rings. The van der Waals surface area contributed by atoms with Crippen LogP contribution in [0.5, 0.6) is 0 Å². The molecule has 0 amide bonds. The van der Waals surface area contributed by atoms with Crippen LogP contribution < -0.4 is 0 Å². The third-order valence-electron chi connectivity index (χ3n) is 4.56. The van der Waals surface area contributed by atoms with Crippen molar-refractivity contribution in [1.82, 2.24) is 0 Å². The lowest BCUT2D eigenvalue weighted by Gasteiger charge is -2.02. The maximum absolute atomic E-state index is 6.11. The van der Waals surface area contributed by atoms with Gasteiger partial charge in [0.25, 0.3) is 0 Å². The van der Waals surface area contributed by atoms with Crippen molar-refractivity contribution in [2.75, 3.05) is 0 Å². The molecule has 0 atom stereocenters. The Balaban J connectivity index is 1.93. The molecule has 2 aliphatic rings. The number of aryl methyl sites for hydroxylation is 1. The van der Waals surface area contributed by atoms with Gasteiger partial charge in [-0.1, -0.05) is 62.4 Å². The van der Waals surface area contributed by atoms with E-state index in [0.717, 1.165) is 16.7 Å². The summed E-state index contributed by atoms with van der Waals surface area (Å²) in [5, 5.41) is 1.15. The van der Waals surface area contributed by atoms with E-state index in [1.54, 1.807) is 0 Å². The fourth-order valence-electron chi connectivity index (χ4n) is 3.31. The van der Waals surface area contributed by atoms with Gasteiger partial charge in [0, 0.05) is 10.9 Å². The molecule has 0 spiro atoms. The lowest BCUT2D eigenvalue weighted by Crippen LogP contribution is -1.82. The molecule has 1 heteroatoms. The van der Waals surface area contributed by atoms with Crippen molar-refractivity contribution in [2.45, 2.75) is 26.7 Å². The van der Waals surface area contributed by atoms with Crippen LogP contribution in [0.4, 0.5) is 0 Å². The summed E-state index contributed by atoms with van der Waals surface area (Å²) in [5.74, 6) is 1.48. The number of hydrogen-bond donors (Lipinski definition) is 0. The highest BCUT2D eigenvalue weighted by Gasteiger charge is 2.18. The first-order valence-corrected chi connectivity index (χ1v) is 8.16. The molecule has 1 nitrogen and oxygen atoms in total. The van der Waals surface area contributed by atoms with E-state index in [0.29, 0.717) is 5.92 Å². The number of para-hydroxylation sites is 1. The Morgan fingerprint density at radius 2 is 1.70 bits per heavy atom. The molecule has 0 aliphatic heterocycles. The van der Waals surface area contributed by atoms with Gasteiger partial charge >= 0.3 is 0 Å². The molecule has 0 saturated heterocycles. The maximum atomic E-state index is 6.11. The van der Waals surface area contributed by atoms with Gasteiger partial charge in [-0.15, -0.1) is 0 Å². The minimum atomic E-state index is 0.524. The smallest absolute Gasteiger partial charge is 0.136 e. The Kier molecular flexibility index (Phi) is 3.23. The molecule has 1 aromatic heterocycles. The average Bonchev–Trinajstić information content (AvgIpc) is 3.00. The van der Waals surface area contributed by atoms with E-state index in [4.69, 9.17) is 4.42 Å². The van der Waals surface area contributed by atoms with Crippen molar-refractivity contribution in [3.05, 3.63) is 71.8 Å². The molecule has 4 rings (SSSR count). The van der Waals surface area contributed by atoms with Crippen molar-refractivity contribution in [1.29, 1.82) is 0 Å². The monoisotopic (exact) mass is 300 g/mol. The van der Waals surface area contributed by atoms with Crippen LogP contribution in [-0.2, 0) is 0 Å². The Bertz CT molecular complexity index is 926. The highest BCUT2D eigenvalue weighted by atomic mass is 16.3. The Morgan fingerprint density at radius 1 is 0.870 bits per heavy atom. The Morgan fingerprint density at radius 3 is 2.48 bits per heavy atom. The van der Waals surface area contributed by atoms with Crippen molar-refractivity contribution in [3.63, 3.8) is 0 Å². The highest BCUT2D eigenvalue weighted by Crippen LogP contribution is 2.41. The molecular formula is C22H20O. The molecule has 2 aliphatic carbocycles. The zero-order valence-corrected chi connectivity index (χ0v) is 13.8. The van der Waals surface area contributed by atoms with Crippen LogP contribution in [0.1, 0.15) is 30.9 Å². The maximum Gasteiger partial charge on any atom is 0.136 e. The topological polar surface area (TPSA) is 13.1 Å². The Hall–Kier alpha value is -2.54. The van der Waals surface area contributed by atoms with E-state index in [1.807, 2.05) is 18.2 Å². The van der Waals surface area contributed by atoms with Gasteiger partial charge in [0.2, 0.25) is 0 Å². The van der Waals surface area contributed by atoms with E-state index in [9.17, 15) is 0 Å². The van der Waals surface area contributed by atoms with Gasteiger partial charge in [-0.05, 0) is 47.2 Å². The van der Waals surface area contributed by atoms with E-state index < -0.39 is 0 Å². The summed E-state index contributed by atoms with van der Waals surface area (Å²) in [4.78, 5) is 0. The zero-order chi connectivity index (χ0) is 16.0. The molecule has 1 heterocycles. The van der Waals surface area contributed by atoms with Crippen LogP contribution in [0, 0.1) is 6.92 Å². The van der Waals surface area contributed by atoms with Crippen molar-refractivity contribution in [2.24, 2.45) is 0 Å². The summed E-state index contributed by atoms with van der Waals surface area (Å²) in [6, 6.07) is 21.5. The number of furan rings is 1. The summed E-state index contributed by atoms with van der Waals surface area (Å²) in [7, 11) is 0. The van der Waals surface area contributed by atoms with Gasteiger partial charge in [-0.3, -0.25) is 0 Å². The first kappa shape index (κ1) is 14.1. The number of hydrogen-bond acceptors (Lipinski definition) is 1. The summed E-state index contributed by atoms with van der Waals surface area (Å²) in [5.41, 5.74) is 7.32. The first-order valence-electron chi connectivity index (χ1n) is 8.16. The van der Waals surface area contributed by atoms with E-state index in [1.165, 1.54) is 27.8 Å². The molecule has 1 aromatic carbocycles. The average molecular weight is 300 g/mol. The van der Waals surface area contributed by atoms with E-state index >= 15 is 0 Å². The van der Waals surface area contributed by atoms with Crippen molar-refractivity contribution >= 4 is 11.0 Å². The van der Waals surface area contributed by atoms with Gasteiger partial charge in [0.15, 0.2) is 0 Å². The highest BCUT2D eigenvalue weighted by molar-refractivity contribution is 5.91.